The second kappa shape index (κ2) is 8.61. The minimum Gasteiger partial charge on any atom is -0.478 e. The lowest BCUT2D eigenvalue weighted by atomic mass is 10.0. The molecule has 1 aliphatic rings. The topological polar surface area (TPSA) is 87.0 Å². The van der Waals surface area contributed by atoms with E-state index in [9.17, 15) is 14.7 Å². The Morgan fingerprint density at radius 1 is 1.19 bits per heavy atom. The summed E-state index contributed by atoms with van der Waals surface area (Å²) < 4.78 is 17.9. The van der Waals surface area contributed by atoms with Crippen molar-refractivity contribution < 1.29 is 28.9 Å². The minimum absolute atomic E-state index is 0.0543. The molecular formula is C23H22ClNO6. The highest BCUT2D eigenvalue weighted by molar-refractivity contribution is 6.31. The van der Waals surface area contributed by atoms with Crippen molar-refractivity contribution in [1.29, 1.82) is 0 Å². The molecule has 8 heteroatoms. The van der Waals surface area contributed by atoms with Crippen molar-refractivity contribution in [3.05, 3.63) is 57.7 Å². The Kier molecular flexibility index (Phi) is 5.89. The monoisotopic (exact) mass is 443 g/mol. The number of hydrogen-bond acceptors (Lipinski definition) is 5. The highest BCUT2D eigenvalue weighted by Crippen LogP contribution is 2.38. The number of ketones is 1. The maximum absolute atomic E-state index is 12.9. The number of carboxylic acid groups (broad SMARTS) is 1. The number of aromatic nitrogens is 1. The molecule has 0 atom stereocenters. The SMILES string of the molecule is CCCc1c(C(=O)COC)c2ccc(C(=O)O)cc2n1Cc1cc2c(cc1Cl)OCO2. The highest BCUT2D eigenvalue weighted by atomic mass is 35.5. The van der Waals surface area contributed by atoms with Crippen LogP contribution in [0, 0.1) is 0 Å². The number of aromatic carboxylic acids is 1. The van der Waals surface area contributed by atoms with E-state index in [4.69, 9.17) is 25.8 Å². The van der Waals surface area contributed by atoms with Crippen LogP contribution in [0.2, 0.25) is 5.02 Å². The summed E-state index contributed by atoms with van der Waals surface area (Å²) in [5.41, 5.74) is 2.99. The molecule has 1 N–H and O–H groups in total. The lowest BCUT2D eigenvalue weighted by Crippen LogP contribution is -2.12. The first-order valence-corrected chi connectivity index (χ1v) is 10.3. The van der Waals surface area contributed by atoms with Gasteiger partial charge in [-0.3, -0.25) is 4.79 Å². The molecule has 4 rings (SSSR count). The van der Waals surface area contributed by atoms with E-state index in [1.165, 1.54) is 13.2 Å². The Morgan fingerprint density at radius 2 is 1.94 bits per heavy atom. The molecule has 31 heavy (non-hydrogen) atoms. The first-order valence-electron chi connectivity index (χ1n) is 9.93. The molecule has 0 spiro atoms. The number of Topliss-reactive ketones (excluding diaryl/α,β-unsaturated/α-hetero) is 1. The Labute approximate surface area is 184 Å². The second-order valence-corrected chi connectivity index (χ2v) is 7.76. The fourth-order valence-electron chi connectivity index (χ4n) is 3.98. The summed E-state index contributed by atoms with van der Waals surface area (Å²) in [5.74, 6) is 0.0194. The fourth-order valence-corrected chi connectivity index (χ4v) is 4.19. The van der Waals surface area contributed by atoms with E-state index in [2.05, 4.69) is 0 Å². The van der Waals surface area contributed by atoms with Crippen molar-refractivity contribution in [2.24, 2.45) is 0 Å². The van der Waals surface area contributed by atoms with Gasteiger partial charge < -0.3 is 23.9 Å². The molecule has 3 aromatic rings. The highest BCUT2D eigenvalue weighted by Gasteiger charge is 2.24. The second-order valence-electron chi connectivity index (χ2n) is 7.35. The molecule has 7 nitrogen and oxygen atoms in total. The number of benzene rings is 2. The Balaban J connectivity index is 1.93. The number of carboxylic acids is 1. The maximum Gasteiger partial charge on any atom is 0.335 e. The maximum atomic E-state index is 12.9. The van der Waals surface area contributed by atoms with Crippen LogP contribution in [0.4, 0.5) is 0 Å². The lowest BCUT2D eigenvalue weighted by molar-refractivity contribution is 0.0696. The molecule has 1 aromatic heterocycles. The summed E-state index contributed by atoms with van der Waals surface area (Å²) in [7, 11) is 1.48. The Bertz CT molecular complexity index is 1180. The van der Waals surface area contributed by atoms with Gasteiger partial charge in [0.15, 0.2) is 17.3 Å². The van der Waals surface area contributed by atoms with Crippen LogP contribution in [0.5, 0.6) is 11.5 Å². The summed E-state index contributed by atoms with van der Waals surface area (Å²) in [6, 6.07) is 8.34. The Morgan fingerprint density at radius 3 is 2.61 bits per heavy atom. The number of hydrogen-bond donors (Lipinski definition) is 1. The zero-order chi connectivity index (χ0) is 22.1. The summed E-state index contributed by atoms with van der Waals surface area (Å²) in [4.78, 5) is 24.5. The molecule has 0 saturated carbocycles. The van der Waals surface area contributed by atoms with Crippen LogP contribution < -0.4 is 9.47 Å². The van der Waals surface area contributed by atoms with Crippen molar-refractivity contribution in [2.75, 3.05) is 20.5 Å². The lowest BCUT2D eigenvalue weighted by Gasteiger charge is -2.14. The van der Waals surface area contributed by atoms with Gasteiger partial charge in [-0.2, -0.15) is 0 Å². The van der Waals surface area contributed by atoms with Crippen LogP contribution in [0.25, 0.3) is 10.9 Å². The van der Waals surface area contributed by atoms with Crippen LogP contribution in [-0.2, 0) is 17.7 Å². The summed E-state index contributed by atoms with van der Waals surface area (Å²) >= 11 is 6.51. The third-order valence-corrected chi connectivity index (χ3v) is 5.68. The number of rotatable bonds is 8. The third kappa shape index (κ3) is 3.86. The largest absolute Gasteiger partial charge is 0.478 e. The number of methoxy groups -OCH3 is 1. The number of nitrogens with zero attached hydrogens (tertiary/aromatic N) is 1. The zero-order valence-corrected chi connectivity index (χ0v) is 18.0. The van der Waals surface area contributed by atoms with Gasteiger partial charge in [-0.05, 0) is 30.2 Å². The molecular weight excluding hydrogens is 422 g/mol. The van der Waals surface area contributed by atoms with Gasteiger partial charge in [0.25, 0.3) is 0 Å². The van der Waals surface area contributed by atoms with Gasteiger partial charge in [0.2, 0.25) is 6.79 Å². The molecule has 0 aliphatic carbocycles. The molecule has 0 bridgehead atoms. The number of carbonyl (C=O) groups excluding carboxylic acids is 1. The normalized spacial score (nSPS) is 12.5. The third-order valence-electron chi connectivity index (χ3n) is 5.33. The van der Waals surface area contributed by atoms with Gasteiger partial charge in [0.1, 0.15) is 6.61 Å². The average molecular weight is 444 g/mol. The molecule has 1 aliphatic heterocycles. The van der Waals surface area contributed by atoms with Crippen molar-refractivity contribution in [1.82, 2.24) is 4.57 Å². The van der Waals surface area contributed by atoms with Crippen molar-refractivity contribution >= 4 is 34.3 Å². The number of halogens is 1. The molecule has 162 valence electrons. The van der Waals surface area contributed by atoms with E-state index in [0.29, 0.717) is 46.0 Å². The standard InChI is InChI=1S/C23H22ClNO6/c1-3-4-17-22(19(26)11-29-2)15-6-5-13(23(27)28)7-18(15)25(17)10-14-8-20-21(9-16(14)24)31-12-30-20/h5-9H,3-4,10-12H2,1-2H3,(H,27,28). The van der Waals surface area contributed by atoms with E-state index >= 15 is 0 Å². The minimum atomic E-state index is -1.03. The van der Waals surface area contributed by atoms with E-state index in [1.54, 1.807) is 18.2 Å². The van der Waals surface area contributed by atoms with Gasteiger partial charge >= 0.3 is 5.97 Å². The molecule has 0 fully saturated rings. The van der Waals surface area contributed by atoms with Gasteiger partial charge in [-0.25, -0.2) is 4.79 Å². The Hall–Kier alpha value is -3.03. The van der Waals surface area contributed by atoms with Crippen LogP contribution in [0.1, 0.15) is 45.3 Å². The van der Waals surface area contributed by atoms with E-state index in [1.807, 2.05) is 17.6 Å². The zero-order valence-electron chi connectivity index (χ0n) is 17.2. The van der Waals surface area contributed by atoms with Crippen molar-refractivity contribution in [3.8, 4) is 11.5 Å². The molecule has 2 aromatic carbocycles. The van der Waals surface area contributed by atoms with Crippen LogP contribution >= 0.6 is 11.6 Å². The summed E-state index contributed by atoms with van der Waals surface area (Å²) in [5, 5.41) is 10.7. The predicted molar refractivity (Wildman–Crippen MR) is 116 cm³/mol. The smallest absolute Gasteiger partial charge is 0.335 e. The average Bonchev–Trinajstić information content (AvgIpc) is 3.30. The number of ether oxygens (including phenoxy) is 3. The van der Waals surface area contributed by atoms with Gasteiger partial charge in [-0.1, -0.05) is 31.0 Å². The summed E-state index contributed by atoms with van der Waals surface area (Å²) in [6.45, 7) is 2.47. The summed E-state index contributed by atoms with van der Waals surface area (Å²) in [6.07, 6.45) is 1.45. The van der Waals surface area contributed by atoms with Crippen molar-refractivity contribution in [2.45, 2.75) is 26.3 Å². The van der Waals surface area contributed by atoms with Crippen LogP contribution in [0.3, 0.4) is 0 Å². The van der Waals surface area contributed by atoms with Crippen LogP contribution in [0.15, 0.2) is 30.3 Å². The number of fused-ring (bicyclic) bond motifs is 2. The van der Waals surface area contributed by atoms with Gasteiger partial charge in [0.05, 0.1) is 11.1 Å². The van der Waals surface area contributed by atoms with E-state index in [-0.39, 0.29) is 24.7 Å². The molecule has 2 heterocycles. The molecule has 0 unspecified atom stereocenters. The van der Waals surface area contributed by atoms with E-state index in [0.717, 1.165) is 17.7 Å². The fraction of sp³-hybridized carbons (Fsp3) is 0.304. The molecule has 0 saturated heterocycles. The first kappa shape index (κ1) is 21.2. The predicted octanol–water partition coefficient (Wildman–Crippen LogP) is 4.55. The first-order chi connectivity index (χ1) is 14.9. The molecule has 0 radical (unpaired) electrons. The number of carbonyl (C=O) groups is 2. The van der Waals surface area contributed by atoms with Crippen LogP contribution in [-0.4, -0.2) is 41.9 Å². The quantitative estimate of drug-likeness (QED) is 0.514. The van der Waals surface area contributed by atoms with E-state index < -0.39 is 5.97 Å². The molecule has 0 amide bonds. The van der Waals surface area contributed by atoms with Gasteiger partial charge in [-0.15, -0.1) is 0 Å². The van der Waals surface area contributed by atoms with Gasteiger partial charge in [0, 0.05) is 41.4 Å². The van der Waals surface area contributed by atoms with Crippen molar-refractivity contribution in [3.63, 3.8) is 0 Å².